The lowest BCUT2D eigenvalue weighted by Gasteiger charge is -2.06. The van der Waals surface area contributed by atoms with Crippen LogP contribution in [0.4, 0.5) is 0 Å². The van der Waals surface area contributed by atoms with Crippen molar-refractivity contribution in [1.29, 1.82) is 0 Å². The Bertz CT molecular complexity index is 720. The molecule has 0 aliphatic rings. The highest BCUT2D eigenvalue weighted by atomic mass is 32.1. The number of nitrogens with two attached hydrogens (primary N) is 1. The van der Waals surface area contributed by atoms with Crippen molar-refractivity contribution < 1.29 is 4.79 Å². The van der Waals surface area contributed by atoms with Crippen LogP contribution in [0.2, 0.25) is 0 Å². The number of hydrogen-bond donors (Lipinski definition) is 1. The van der Waals surface area contributed by atoms with Crippen LogP contribution in [-0.2, 0) is 0 Å². The summed E-state index contributed by atoms with van der Waals surface area (Å²) in [6.45, 7) is 0. The van der Waals surface area contributed by atoms with Crippen molar-refractivity contribution in [1.82, 2.24) is 4.98 Å². The first-order chi connectivity index (χ1) is 8.75. The van der Waals surface area contributed by atoms with E-state index in [0.29, 0.717) is 5.56 Å². The average Bonchev–Trinajstić information content (AvgIpc) is 2.91. The van der Waals surface area contributed by atoms with Gasteiger partial charge in [-0.2, -0.15) is 0 Å². The van der Waals surface area contributed by atoms with Gasteiger partial charge in [0, 0.05) is 22.7 Å². The first-order valence-corrected chi connectivity index (χ1v) is 6.36. The molecule has 88 valence electrons. The normalized spacial score (nSPS) is 10.7. The van der Waals surface area contributed by atoms with Gasteiger partial charge in [0.25, 0.3) is 0 Å². The molecular formula is C14H10N2OS. The molecule has 0 bridgehead atoms. The quantitative estimate of drug-likeness (QED) is 0.764. The first kappa shape index (κ1) is 10.9. The number of carbonyl (C=O) groups excluding carboxylic acids is 1. The maximum atomic E-state index is 11.6. The zero-order valence-corrected chi connectivity index (χ0v) is 10.3. The molecule has 0 atom stereocenters. The van der Waals surface area contributed by atoms with Crippen molar-refractivity contribution in [3.63, 3.8) is 0 Å². The first-order valence-electron chi connectivity index (χ1n) is 5.48. The van der Waals surface area contributed by atoms with E-state index in [1.165, 1.54) is 11.3 Å². The van der Waals surface area contributed by atoms with E-state index in [0.717, 1.165) is 21.3 Å². The molecule has 2 N–H and O–H groups in total. The van der Waals surface area contributed by atoms with Gasteiger partial charge in [-0.05, 0) is 22.9 Å². The van der Waals surface area contributed by atoms with Crippen LogP contribution < -0.4 is 5.73 Å². The second-order valence-corrected chi connectivity index (χ2v) is 4.84. The van der Waals surface area contributed by atoms with Crippen LogP contribution in [0.5, 0.6) is 0 Å². The van der Waals surface area contributed by atoms with E-state index in [-0.39, 0.29) is 0 Å². The van der Waals surface area contributed by atoms with Gasteiger partial charge in [-0.3, -0.25) is 4.79 Å². The topological polar surface area (TPSA) is 56.0 Å². The number of carbonyl (C=O) groups is 1. The third-order valence-corrected chi connectivity index (χ3v) is 3.62. The van der Waals surface area contributed by atoms with Crippen molar-refractivity contribution in [3.05, 3.63) is 53.5 Å². The highest BCUT2D eigenvalue weighted by Gasteiger charge is 2.13. The predicted octanol–water partition coefficient (Wildman–Crippen LogP) is 3.06. The molecule has 0 aliphatic heterocycles. The van der Waals surface area contributed by atoms with Crippen molar-refractivity contribution in [2.75, 3.05) is 0 Å². The van der Waals surface area contributed by atoms with Crippen molar-refractivity contribution in [3.8, 4) is 10.6 Å². The summed E-state index contributed by atoms with van der Waals surface area (Å²) in [5.74, 6) is -0.425. The zero-order valence-electron chi connectivity index (χ0n) is 9.46. The Morgan fingerprint density at radius 3 is 2.50 bits per heavy atom. The van der Waals surface area contributed by atoms with Gasteiger partial charge in [-0.25, -0.2) is 4.98 Å². The second-order valence-electron chi connectivity index (χ2n) is 3.95. The molecule has 3 nitrogen and oxygen atoms in total. The van der Waals surface area contributed by atoms with E-state index < -0.39 is 5.91 Å². The zero-order chi connectivity index (χ0) is 12.5. The minimum atomic E-state index is -0.425. The van der Waals surface area contributed by atoms with Gasteiger partial charge in [0.2, 0.25) is 5.91 Å². The van der Waals surface area contributed by atoms with E-state index in [1.807, 2.05) is 41.8 Å². The third kappa shape index (κ3) is 1.76. The minimum Gasteiger partial charge on any atom is -0.366 e. The molecule has 3 aromatic rings. The summed E-state index contributed by atoms with van der Waals surface area (Å²) in [4.78, 5) is 15.8. The van der Waals surface area contributed by atoms with Gasteiger partial charge < -0.3 is 5.73 Å². The van der Waals surface area contributed by atoms with Crippen molar-refractivity contribution in [2.45, 2.75) is 0 Å². The van der Waals surface area contributed by atoms with Crippen LogP contribution in [0, 0.1) is 0 Å². The molecule has 18 heavy (non-hydrogen) atoms. The fourth-order valence-electron chi connectivity index (χ4n) is 1.98. The highest BCUT2D eigenvalue weighted by molar-refractivity contribution is 7.13. The molecule has 0 spiro atoms. The number of aromatic nitrogens is 1. The Hall–Kier alpha value is -2.20. The summed E-state index contributed by atoms with van der Waals surface area (Å²) in [6, 6.07) is 11.7. The number of fused-ring (bicyclic) bond motifs is 1. The van der Waals surface area contributed by atoms with E-state index in [4.69, 9.17) is 5.73 Å². The molecule has 0 saturated carbocycles. The number of thiazole rings is 1. The Balaban J connectivity index is 2.34. The number of nitrogens with zero attached hydrogens (tertiary/aromatic N) is 1. The van der Waals surface area contributed by atoms with Crippen LogP contribution in [0.25, 0.3) is 21.3 Å². The lowest BCUT2D eigenvalue weighted by Crippen LogP contribution is -2.12. The van der Waals surface area contributed by atoms with Crippen LogP contribution in [0.1, 0.15) is 10.4 Å². The predicted molar refractivity (Wildman–Crippen MR) is 73.6 cm³/mol. The summed E-state index contributed by atoms with van der Waals surface area (Å²) < 4.78 is 0. The smallest absolute Gasteiger partial charge is 0.249 e. The third-order valence-electron chi connectivity index (χ3n) is 2.81. The molecule has 1 heterocycles. The van der Waals surface area contributed by atoms with Gasteiger partial charge in [0.1, 0.15) is 5.01 Å². The molecule has 0 fully saturated rings. The molecule has 0 unspecified atom stereocenters. The fraction of sp³-hybridized carbons (Fsp3) is 0. The molecule has 0 saturated heterocycles. The number of hydrogen-bond acceptors (Lipinski definition) is 3. The maximum absolute atomic E-state index is 11.6. The van der Waals surface area contributed by atoms with Crippen molar-refractivity contribution >= 4 is 28.0 Å². The van der Waals surface area contributed by atoms with Gasteiger partial charge in [0.15, 0.2) is 0 Å². The van der Waals surface area contributed by atoms with Crippen LogP contribution >= 0.6 is 11.3 Å². The van der Waals surface area contributed by atoms with E-state index in [1.54, 1.807) is 6.20 Å². The second kappa shape index (κ2) is 4.23. The van der Waals surface area contributed by atoms with Crippen LogP contribution in [0.3, 0.4) is 0 Å². The van der Waals surface area contributed by atoms with Gasteiger partial charge in [-0.1, -0.05) is 24.3 Å². The molecule has 3 rings (SSSR count). The van der Waals surface area contributed by atoms with Gasteiger partial charge in [0.05, 0.1) is 0 Å². The van der Waals surface area contributed by atoms with E-state index in [2.05, 4.69) is 4.98 Å². The summed E-state index contributed by atoms with van der Waals surface area (Å²) in [6.07, 6.45) is 1.72. The summed E-state index contributed by atoms with van der Waals surface area (Å²) in [5, 5.41) is 4.78. The molecule has 4 heteroatoms. The summed E-state index contributed by atoms with van der Waals surface area (Å²) in [7, 11) is 0. The lowest BCUT2D eigenvalue weighted by atomic mass is 10.0. The number of rotatable bonds is 2. The SMILES string of the molecule is NC(=O)c1cc2ccccc2cc1-c1nccs1. The summed E-state index contributed by atoms with van der Waals surface area (Å²) in [5.41, 5.74) is 6.77. The van der Waals surface area contributed by atoms with Crippen LogP contribution in [0.15, 0.2) is 48.0 Å². The maximum Gasteiger partial charge on any atom is 0.249 e. The Morgan fingerprint density at radius 2 is 1.89 bits per heavy atom. The highest BCUT2D eigenvalue weighted by Crippen LogP contribution is 2.29. The van der Waals surface area contributed by atoms with E-state index >= 15 is 0 Å². The molecule has 2 aromatic carbocycles. The van der Waals surface area contributed by atoms with Gasteiger partial charge >= 0.3 is 0 Å². The number of amides is 1. The number of benzene rings is 2. The van der Waals surface area contributed by atoms with Crippen molar-refractivity contribution in [2.24, 2.45) is 5.73 Å². The van der Waals surface area contributed by atoms with Gasteiger partial charge in [-0.15, -0.1) is 11.3 Å². The monoisotopic (exact) mass is 254 g/mol. The van der Waals surface area contributed by atoms with Crippen LogP contribution in [-0.4, -0.2) is 10.9 Å². The fourth-order valence-corrected chi connectivity index (χ4v) is 2.65. The molecule has 0 aliphatic carbocycles. The Kier molecular flexibility index (Phi) is 2.57. The molecule has 1 aromatic heterocycles. The Labute approximate surface area is 108 Å². The van der Waals surface area contributed by atoms with E-state index in [9.17, 15) is 4.79 Å². The molecule has 1 amide bonds. The lowest BCUT2D eigenvalue weighted by molar-refractivity contribution is 0.100. The summed E-state index contributed by atoms with van der Waals surface area (Å²) >= 11 is 1.50. The Morgan fingerprint density at radius 1 is 1.17 bits per heavy atom. The molecular weight excluding hydrogens is 244 g/mol. The average molecular weight is 254 g/mol. The number of primary amides is 1. The largest absolute Gasteiger partial charge is 0.366 e. The standard InChI is InChI=1S/C14H10N2OS/c15-13(17)11-7-9-3-1-2-4-10(9)8-12(11)14-16-5-6-18-14/h1-8H,(H2,15,17). The minimum absolute atomic E-state index is 0.425. The molecule has 0 radical (unpaired) electrons.